The summed E-state index contributed by atoms with van der Waals surface area (Å²) in [6.45, 7) is -2.48. The van der Waals surface area contributed by atoms with Crippen molar-refractivity contribution in [2.45, 2.75) is 17.9 Å². The number of nitrogens with zero attached hydrogens (tertiary/aromatic N) is 1. The Bertz CT molecular complexity index is 1710. The summed E-state index contributed by atoms with van der Waals surface area (Å²) < 4.78 is 53.1. The predicted octanol–water partition coefficient (Wildman–Crippen LogP) is 6.79. The predicted molar refractivity (Wildman–Crippen MR) is 151 cm³/mol. The number of ether oxygens (including phenoxy) is 1. The number of benzene rings is 4. The maximum atomic E-state index is 13.0. The number of nitrogens with one attached hydrogen (secondary N) is 1. The molecule has 0 saturated carbocycles. The lowest BCUT2D eigenvalue weighted by molar-refractivity contribution is 0.0118. The van der Waals surface area contributed by atoms with Crippen LogP contribution < -0.4 is 10.1 Å². The fourth-order valence-electron chi connectivity index (χ4n) is 5.08. The Kier molecular flexibility index (Phi) is 5.21. The van der Waals surface area contributed by atoms with Gasteiger partial charge in [0.15, 0.2) is 0 Å². The Morgan fingerprint density at radius 2 is 1.78 bits per heavy atom. The molecule has 0 aliphatic heterocycles. The normalized spacial score (nSPS) is 17.2. The van der Waals surface area contributed by atoms with Gasteiger partial charge in [0.1, 0.15) is 5.60 Å². The molecule has 2 unspecified atom stereocenters. The van der Waals surface area contributed by atoms with Crippen LogP contribution in [0.5, 0.6) is 5.88 Å². The highest BCUT2D eigenvalue weighted by molar-refractivity contribution is 9.10. The van der Waals surface area contributed by atoms with E-state index in [1.807, 2.05) is 78.9 Å². The van der Waals surface area contributed by atoms with Gasteiger partial charge in [0.2, 0.25) is 5.88 Å². The summed E-state index contributed by atoms with van der Waals surface area (Å²) in [5.74, 6) is -1.04. The summed E-state index contributed by atoms with van der Waals surface area (Å²) in [6, 6.07) is 29.7. The molecule has 5 rings (SSSR count). The van der Waals surface area contributed by atoms with Crippen LogP contribution in [0.3, 0.4) is 0 Å². The van der Waals surface area contributed by atoms with Gasteiger partial charge in [0.25, 0.3) is 0 Å². The number of hydrogen-bond donors (Lipinski definition) is 2. The van der Waals surface area contributed by atoms with Crippen LogP contribution >= 0.6 is 15.9 Å². The molecule has 0 aliphatic rings. The van der Waals surface area contributed by atoms with Crippen molar-refractivity contribution in [3.05, 3.63) is 118 Å². The SMILES string of the molecule is [2H]C([2H])([2H])NCCC(O)(c1cccc2ccccc12)C(c1ccccc1)c1cc2cc(Br)ccc2nc1OC([2H])([2H])[2H]. The van der Waals surface area contributed by atoms with Gasteiger partial charge in [0.05, 0.1) is 16.7 Å². The average Bonchev–Trinajstić information content (AvgIpc) is 2.92. The molecule has 2 atom stereocenters. The van der Waals surface area contributed by atoms with Gasteiger partial charge in [-0.1, -0.05) is 88.7 Å². The second-order valence-corrected chi connectivity index (χ2v) is 9.71. The van der Waals surface area contributed by atoms with Crippen molar-refractivity contribution in [2.75, 3.05) is 20.6 Å². The molecule has 4 nitrogen and oxygen atoms in total. The van der Waals surface area contributed by atoms with E-state index in [0.717, 1.165) is 15.2 Å². The third-order valence-corrected chi connectivity index (χ3v) is 7.17. The van der Waals surface area contributed by atoms with E-state index in [-0.39, 0.29) is 18.8 Å². The highest BCUT2D eigenvalue weighted by atomic mass is 79.9. The number of aliphatic hydroxyl groups is 1. The number of rotatable bonds is 8. The molecular formula is C31H29BrN2O2. The first kappa shape index (κ1) is 18.1. The Morgan fingerprint density at radius 3 is 2.61 bits per heavy atom. The van der Waals surface area contributed by atoms with E-state index in [2.05, 4.69) is 26.2 Å². The largest absolute Gasteiger partial charge is 0.481 e. The molecule has 0 amide bonds. The van der Waals surface area contributed by atoms with Crippen LogP contribution in [-0.4, -0.2) is 30.6 Å². The van der Waals surface area contributed by atoms with Crippen LogP contribution in [-0.2, 0) is 5.60 Å². The standard InChI is InChI=1S/C31H29BrN2O2/c1-33-18-17-31(35,27-14-8-12-21-9-6-7-13-25(21)27)29(22-10-4-3-5-11-22)26-20-23-19-24(32)15-16-28(23)34-30(26)36-2/h3-16,19-20,29,33,35H,17-18H2,1-2H3/i1D3,2D3. The summed E-state index contributed by atoms with van der Waals surface area (Å²) in [6.07, 6.45) is -0.0251. The van der Waals surface area contributed by atoms with E-state index >= 15 is 0 Å². The van der Waals surface area contributed by atoms with Crippen molar-refractivity contribution in [3.63, 3.8) is 0 Å². The third kappa shape index (κ3) is 4.50. The summed E-state index contributed by atoms with van der Waals surface area (Å²) in [5.41, 5.74) is 0.372. The minimum absolute atomic E-state index is 0.0251. The zero-order valence-electron chi connectivity index (χ0n) is 25.4. The van der Waals surface area contributed by atoms with Gasteiger partial charge < -0.3 is 15.2 Å². The maximum absolute atomic E-state index is 13.0. The number of hydrogen-bond acceptors (Lipinski definition) is 4. The Balaban J connectivity index is 1.83. The maximum Gasteiger partial charge on any atom is 0.217 e. The molecule has 0 spiro atoms. The van der Waals surface area contributed by atoms with Crippen molar-refractivity contribution in [1.82, 2.24) is 10.3 Å². The van der Waals surface area contributed by atoms with Crippen molar-refractivity contribution in [1.29, 1.82) is 0 Å². The lowest BCUT2D eigenvalue weighted by atomic mass is 9.70. The first-order valence-electron chi connectivity index (χ1n) is 14.6. The van der Waals surface area contributed by atoms with Gasteiger partial charge in [-0.3, -0.25) is 0 Å². The zero-order chi connectivity index (χ0) is 30.1. The fraction of sp³-hybridized carbons (Fsp3) is 0.194. The molecule has 4 aromatic carbocycles. The number of halogens is 1. The molecule has 0 aliphatic carbocycles. The highest BCUT2D eigenvalue weighted by Gasteiger charge is 2.42. The second-order valence-electron chi connectivity index (χ2n) is 8.79. The molecule has 5 aromatic rings. The van der Waals surface area contributed by atoms with Gasteiger partial charge in [-0.25, -0.2) is 4.98 Å². The second kappa shape index (κ2) is 10.4. The smallest absolute Gasteiger partial charge is 0.217 e. The van der Waals surface area contributed by atoms with E-state index in [9.17, 15) is 5.11 Å². The van der Waals surface area contributed by atoms with Gasteiger partial charge in [0, 0.05) is 25.5 Å². The Labute approximate surface area is 228 Å². The molecule has 0 radical (unpaired) electrons. The number of pyridine rings is 1. The van der Waals surface area contributed by atoms with Crippen molar-refractivity contribution in [3.8, 4) is 5.88 Å². The number of aromatic nitrogens is 1. The van der Waals surface area contributed by atoms with Crippen LogP contribution in [0.4, 0.5) is 0 Å². The van der Waals surface area contributed by atoms with Gasteiger partial charge in [-0.2, -0.15) is 0 Å². The summed E-state index contributed by atoms with van der Waals surface area (Å²) in [4.78, 5) is 4.62. The van der Waals surface area contributed by atoms with Crippen molar-refractivity contribution in [2.24, 2.45) is 0 Å². The molecule has 1 heterocycles. The van der Waals surface area contributed by atoms with Crippen LogP contribution in [0.1, 0.15) is 37.3 Å². The molecular weight excluding hydrogens is 512 g/mol. The summed E-state index contributed by atoms with van der Waals surface area (Å²) in [7, 11) is -2.81. The minimum atomic E-state index is -2.81. The van der Waals surface area contributed by atoms with Crippen molar-refractivity contribution >= 4 is 37.6 Å². The first-order chi connectivity index (χ1) is 19.8. The van der Waals surface area contributed by atoms with Crippen molar-refractivity contribution < 1.29 is 18.1 Å². The molecule has 2 N–H and O–H groups in total. The number of methoxy groups -OCH3 is 1. The summed E-state index contributed by atoms with van der Waals surface area (Å²) in [5, 5.41) is 18.0. The fourth-order valence-corrected chi connectivity index (χ4v) is 5.46. The van der Waals surface area contributed by atoms with Crippen LogP contribution in [0, 0.1) is 0 Å². The van der Waals surface area contributed by atoms with E-state index in [0.29, 0.717) is 27.6 Å². The summed E-state index contributed by atoms with van der Waals surface area (Å²) >= 11 is 3.50. The Morgan fingerprint density at radius 1 is 0.972 bits per heavy atom. The molecule has 36 heavy (non-hydrogen) atoms. The van der Waals surface area contributed by atoms with Crippen LogP contribution in [0.2, 0.25) is 0 Å². The van der Waals surface area contributed by atoms with Gasteiger partial charge >= 0.3 is 0 Å². The monoisotopic (exact) mass is 546 g/mol. The van der Waals surface area contributed by atoms with E-state index in [4.69, 9.17) is 13.0 Å². The zero-order valence-corrected chi connectivity index (χ0v) is 21.0. The lowest BCUT2D eigenvalue weighted by Gasteiger charge is -2.39. The highest BCUT2D eigenvalue weighted by Crippen LogP contribution is 2.48. The third-order valence-electron chi connectivity index (χ3n) is 6.67. The van der Waals surface area contributed by atoms with Crippen LogP contribution in [0.25, 0.3) is 21.7 Å². The van der Waals surface area contributed by atoms with E-state index in [1.54, 1.807) is 18.2 Å². The average molecular weight is 548 g/mol. The molecule has 1 aromatic heterocycles. The molecule has 5 heteroatoms. The van der Waals surface area contributed by atoms with Gasteiger partial charge in [-0.05, 0) is 66.1 Å². The van der Waals surface area contributed by atoms with Crippen LogP contribution in [0.15, 0.2) is 102 Å². The van der Waals surface area contributed by atoms with E-state index in [1.165, 1.54) is 0 Å². The number of fused-ring (bicyclic) bond motifs is 2. The molecule has 0 saturated heterocycles. The molecule has 182 valence electrons. The first-order valence-corrected chi connectivity index (χ1v) is 12.4. The Hall–Kier alpha value is -3.25. The molecule has 0 bridgehead atoms. The minimum Gasteiger partial charge on any atom is -0.481 e. The lowest BCUT2D eigenvalue weighted by Crippen LogP contribution is -2.37. The van der Waals surface area contributed by atoms with Gasteiger partial charge in [-0.15, -0.1) is 0 Å². The quantitative estimate of drug-likeness (QED) is 0.225. The van der Waals surface area contributed by atoms with E-state index < -0.39 is 25.5 Å². The molecule has 0 fully saturated rings. The topological polar surface area (TPSA) is 54.4 Å².